The van der Waals surface area contributed by atoms with Crippen LogP contribution in [0, 0.1) is 10.1 Å². The van der Waals surface area contributed by atoms with E-state index in [1.807, 2.05) is 0 Å². The van der Waals surface area contributed by atoms with Gasteiger partial charge in [0.05, 0.1) is 15.0 Å². The summed E-state index contributed by atoms with van der Waals surface area (Å²) >= 11 is 11.7. The number of aromatic nitrogens is 2. The lowest BCUT2D eigenvalue weighted by molar-refractivity contribution is -0.383. The molecule has 98 valence electrons. The van der Waals surface area contributed by atoms with Gasteiger partial charge in [-0.15, -0.1) is 0 Å². The van der Waals surface area contributed by atoms with Crippen molar-refractivity contribution in [3.63, 3.8) is 0 Å². The molecule has 0 saturated heterocycles. The maximum Gasteiger partial charge on any atom is 0.337 e. The Balaban J connectivity index is 2.67. The van der Waals surface area contributed by atoms with Gasteiger partial charge in [-0.1, -0.05) is 29.3 Å². The Hall–Kier alpha value is -1.92. The van der Waals surface area contributed by atoms with E-state index in [1.54, 1.807) is 19.2 Å². The van der Waals surface area contributed by atoms with Crippen LogP contribution in [0.3, 0.4) is 0 Å². The Morgan fingerprint density at radius 2 is 2.00 bits per heavy atom. The van der Waals surface area contributed by atoms with Crippen LogP contribution in [0.2, 0.25) is 10.0 Å². The first-order valence-electron chi connectivity index (χ1n) is 5.17. The van der Waals surface area contributed by atoms with Crippen molar-refractivity contribution in [2.24, 2.45) is 0 Å². The number of hydrogen-bond acceptors (Lipinski definition) is 5. The molecule has 19 heavy (non-hydrogen) atoms. The van der Waals surface area contributed by atoms with Gasteiger partial charge in [0.15, 0.2) is 5.69 Å². The summed E-state index contributed by atoms with van der Waals surface area (Å²) in [4.78, 5) is 18.4. The number of nitrogens with zero attached hydrogens (tertiary/aromatic N) is 3. The zero-order chi connectivity index (χ0) is 14.0. The molecule has 1 aromatic carbocycles. The third-order valence-corrected chi connectivity index (χ3v) is 3.17. The van der Waals surface area contributed by atoms with Crippen molar-refractivity contribution in [1.82, 2.24) is 9.97 Å². The molecule has 0 aliphatic carbocycles. The van der Waals surface area contributed by atoms with E-state index in [-0.39, 0.29) is 17.2 Å². The quantitative estimate of drug-likeness (QED) is 0.694. The second kappa shape index (κ2) is 5.38. The van der Waals surface area contributed by atoms with E-state index < -0.39 is 4.92 Å². The van der Waals surface area contributed by atoms with Crippen LogP contribution in [0.1, 0.15) is 0 Å². The largest absolute Gasteiger partial charge is 0.367 e. The molecule has 2 rings (SSSR count). The van der Waals surface area contributed by atoms with E-state index in [4.69, 9.17) is 23.2 Å². The molecule has 1 aromatic heterocycles. The normalized spacial score (nSPS) is 10.3. The maximum atomic E-state index is 11.2. The fourth-order valence-corrected chi connectivity index (χ4v) is 1.89. The molecule has 0 saturated carbocycles. The lowest BCUT2D eigenvalue weighted by Crippen LogP contribution is -2.03. The Kier molecular flexibility index (Phi) is 3.82. The Morgan fingerprint density at radius 1 is 1.26 bits per heavy atom. The average Bonchev–Trinajstić information content (AvgIpc) is 2.40. The lowest BCUT2D eigenvalue weighted by Gasteiger charge is -2.06. The summed E-state index contributed by atoms with van der Waals surface area (Å²) < 4.78 is 0. The van der Waals surface area contributed by atoms with Gasteiger partial charge in [-0.25, -0.2) is 9.97 Å². The van der Waals surface area contributed by atoms with Crippen molar-refractivity contribution >= 4 is 34.7 Å². The summed E-state index contributed by atoms with van der Waals surface area (Å²) in [6, 6.07) is 4.70. The minimum absolute atomic E-state index is 0.140. The third-order valence-electron chi connectivity index (χ3n) is 2.43. The van der Waals surface area contributed by atoms with Crippen LogP contribution in [0.4, 0.5) is 11.5 Å². The highest BCUT2D eigenvalue weighted by Gasteiger charge is 2.23. The summed E-state index contributed by atoms with van der Waals surface area (Å²) in [6.07, 6.45) is 1.25. The third kappa shape index (κ3) is 2.59. The Labute approximate surface area is 118 Å². The van der Waals surface area contributed by atoms with Crippen LogP contribution >= 0.6 is 23.2 Å². The molecule has 0 fully saturated rings. The zero-order valence-corrected chi connectivity index (χ0v) is 11.2. The number of nitro groups is 1. The van der Waals surface area contributed by atoms with Crippen molar-refractivity contribution in [1.29, 1.82) is 0 Å². The van der Waals surface area contributed by atoms with E-state index in [0.29, 0.717) is 15.6 Å². The molecule has 0 atom stereocenters. The van der Waals surface area contributed by atoms with Gasteiger partial charge in [-0.3, -0.25) is 10.1 Å². The van der Waals surface area contributed by atoms with Gasteiger partial charge < -0.3 is 5.32 Å². The van der Waals surface area contributed by atoms with E-state index >= 15 is 0 Å². The molecule has 0 aliphatic rings. The summed E-state index contributed by atoms with van der Waals surface area (Å²) in [6.45, 7) is 0. The number of benzene rings is 1. The first kappa shape index (κ1) is 13.5. The van der Waals surface area contributed by atoms with E-state index in [2.05, 4.69) is 15.3 Å². The van der Waals surface area contributed by atoms with Crippen LogP contribution < -0.4 is 5.32 Å². The first-order valence-corrected chi connectivity index (χ1v) is 5.92. The summed E-state index contributed by atoms with van der Waals surface area (Å²) in [5, 5.41) is 14.5. The second-order valence-corrected chi connectivity index (χ2v) is 4.37. The molecule has 0 spiro atoms. The molecule has 0 radical (unpaired) electrons. The summed E-state index contributed by atoms with van der Waals surface area (Å²) in [5.74, 6) is 0.140. The van der Waals surface area contributed by atoms with Gasteiger partial charge >= 0.3 is 5.69 Å². The van der Waals surface area contributed by atoms with Crippen molar-refractivity contribution in [2.45, 2.75) is 0 Å². The topological polar surface area (TPSA) is 81.0 Å². The first-order chi connectivity index (χ1) is 9.04. The van der Waals surface area contributed by atoms with Crippen molar-refractivity contribution in [3.05, 3.63) is 44.7 Å². The number of nitrogens with one attached hydrogen (secondary N) is 1. The minimum Gasteiger partial charge on any atom is -0.367 e. The van der Waals surface area contributed by atoms with Crippen molar-refractivity contribution in [2.75, 3.05) is 12.4 Å². The van der Waals surface area contributed by atoms with E-state index in [1.165, 1.54) is 12.4 Å². The number of halogens is 2. The fraction of sp³-hybridized carbons (Fsp3) is 0.0909. The Morgan fingerprint density at radius 3 is 2.58 bits per heavy atom. The van der Waals surface area contributed by atoms with Crippen LogP contribution in [0.15, 0.2) is 24.5 Å². The number of rotatable bonds is 3. The summed E-state index contributed by atoms with van der Waals surface area (Å²) in [7, 11) is 1.55. The zero-order valence-electron chi connectivity index (χ0n) is 9.72. The number of hydrogen-bond donors (Lipinski definition) is 1. The highest BCUT2D eigenvalue weighted by Crippen LogP contribution is 2.35. The van der Waals surface area contributed by atoms with Gasteiger partial charge in [-0.05, 0) is 12.1 Å². The molecular formula is C11H8Cl2N4O2. The second-order valence-electron chi connectivity index (χ2n) is 3.56. The van der Waals surface area contributed by atoms with E-state index in [0.717, 1.165) is 0 Å². The SMILES string of the molecule is CNc1ncnc(-c2ccc(Cl)c(Cl)c2)c1[N+](=O)[O-]. The molecule has 8 heteroatoms. The minimum atomic E-state index is -0.538. The Bertz CT molecular complexity index is 649. The van der Waals surface area contributed by atoms with Gasteiger partial charge in [-0.2, -0.15) is 0 Å². The molecule has 1 heterocycles. The van der Waals surface area contributed by atoms with Crippen LogP contribution in [-0.2, 0) is 0 Å². The molecule has 0 amide bonds. The smallest absolute Gasteiger partial charge is 0.337 e. The van der Waals surface area contributed by atoms with Crippen LogP contribution in [-0.4, -0.2) is 21.9 Å². The monoisotopic (exact) mass is 298 g/mol. The number of anilines is 1. The molecule has 0 aliphatic heterocycles. The average molecular weight is 299 g/mol. The predicted octanol–water partition coefficient (Wildman–Crippen LogP) is 3.40. The van der Waals surface area contributed by atoms with Gasteiger partial charge in [0, 0.05) is 12.6 Å². The summed E-state index contributed by atoms with van der Waals surface area (Å²) in [5.41, 5.74) is 0.478. The lowest BCUT2D eigenvalue weighted by atomic mass is 10.1. The molecule has 0 unspecified atom stereocenters. The molecule has 0 bridgehead atoms. The van der Waals surface area contributed by atoms with Gasteiger partial charge in [0.2, 0.25) is 5.82 Å². The van der Waals surface area contributed by atoms with Crippen LogP contribution in [0.25, 0.3) is 11.3 Å². The van der Waals surface area contributed by atoms with Gasteiger partial charge in [0.1, 0.15) is 6.33 Å². The molecule has 1 N–H and O–H groups in total. The van der Waals surface area contributed by atoms with Gasteiger partial charge in [0.25, 0.3) is 0 Å². The molecular weight excluding hydrogens is 291 g/mol. The standard InChI is InChI=1S/C11H8Cl2N4O2/c1-14-11-10(17(18)19)9(15-5-16-11)6-2-3-7(12)8(13)4-6/h2-5H,1H3,(H,14,15,16). The highest BCUT2D eigenvalue weighted by atomic mass is 35.5. The highest BCUT2D eigenvalue weighted by molar-refractivity contribution is 6.42. The van der Waals surface area contributed by atoms with E-state index in [9.17, 15) is 10.1 Å². The van der Waals surface area contributed by atoms with Crippen LogP contribution in [0.5, 0.6) is 0 Å². The maximum absolute atomic E-state index is 11.2. The molecule has 2 aromatic rings. The van der Waals surface area contributed by atoms with Crippen molar-refractivity contribution in [3.8, 4) is 11.3 Å². The predicted molar refractivity (Wildman–Crippen MR) is 73.7 cm³/mol. The van der Waals surface area contributed by atoms with Crippen molar-refractivity contribution < 1.29 is 4.92 Å². The molecule has 6 nitrogen and oxygen atoms in total. The fourth-order valence-electron chi connectivity index (χ4n) is 1.59.